The van der Waals surface area contributed by atoms with Crippen LogP contribution in [-0.4, -0.2) is 53.3 Å². The number of nitrogens with zero attached hydrogens (tertiary/aromatic N) is 2. The number of carbonyl (C=O) groups excluding carboxylic acids is 2. The summed E-state index contributed by atoms with van der Waals surface area (Å²) in [6.45, 7) is 5.64. The lowest BCUT2D eigenvalue weighted by Gasteiger charge is -2.28. The lowest BCUT2D eigenvalue weighted by Crippen LogP contribution is -2.36. The second kappa shape index (κ2) is 9.90. The van der Waals surface area contributed by atoms with E-state index in [1.54, 1.807) is 7.11 Å². The molecule has 4 aromatic rings. The largest absolute Gasteiger partial charge is 0.497 e. The molecule has 3 aromatic carbocycles. The maximum atomic E-state index is 13.7. The number of ether oxygens (including phenoxy) is 1. The van der Waals surface area contributed by atoms with E-state index in [-0.39, 0.29) is 24.3 Å². The predicted molar refractivity (Wildman–Crippen MR) is 142 cm³/mol. The zero-order valence-corrected chi connectivity index (χ0v) is 21.0. The molecule has 0 aliphatic carbocycles. The first kappa shape index (κ1) is 23.7. The van der Waals surface area contributed by atoms with Gasteiger partial charge in [-0.2, -0.15) is 0 Å². The molecular formula is C30H31N3O3. The Morgan fingerprint density at radius 3 is 2.53 bits per heavy atom. The van der Waals surface area contributed by atoms with Gasteiger partial charge >= 0.3 is 0 Å². The number of rotatable bonds is 8. The van der Waals surface area contributed by atoms with Crippen molar-refractivity contribution in [2.45, 2.75) is 26.3 Å². The summed E-state index contributed by atoms with van der Waals surface area (Å²) in [7, 11) is 1.66. The van der Waals surface area contributed by atoms with Crippen molar-refractivity contribution >= 4 is 22.7 Å². The van der Waals surface area contributed by atoms with E-state index in [1.165, 1.54) is 0 Å². The standard InChI is InChI=1S/C30H31N3O3/c1-4-32(5-2)26(34)17-18-33-29(22-13-6-7-14-23(22)30(33)35)27-24-15-8-9-16-25(24)31-28(27)20-11-10-12-21(19-20)36-3/h6-16,19,29,31H,4-5,17-18H2,1-3H3/t29-/m1/s1. The van der Waals surface area contributed by atoms with Crippen LogP contribution in [0.3, 0.4) is 0 Å². The summed E-state index contributed by atoms with van der Waals surface area (Å²) >= 11 is 0. The van der Waals surface area contributed by atoms with Gasteiger partial charge in [0.25, 0.3) is 5.91 Å². The Balaban J connectivity index is 1.66. The van der Waals surface area contributed by atoms with Gasteiger partial charge in [0.05, 0.1) is 18.8 Å². The molecule has 0 saturated carbocycles. The fourth-order valence-electron chi connectivity index (χ4n) is 5.32. The quantitative estimate of drug-likeness (QED) is 0.354. The van der Waals surface area contributed by atoms with Crippen LogP contribution in [0.15, 0.2) is 72.8 Å². The normalized spacial score (nSPS) is 14.8. The number of benzene rings is 3. The van der Waals surface area contributed by atoms with Crippen molar-refractivity contribution in [2.24, 2.45) is 0 Å². The number of fused-ring (bicyclic) bond motifs is 2. The van der Waals surface area contributed by atoms with Crippen molar-refractivity contribution in [3.8, 4) is 17.0 Å². The van der Waals surface area contributed by atoms with Crippen LogP contribution in [-0.2, 0) is 4.79 Å². The molecule has 1 N–H and O–H groups in total. The van der Waals surface area contributed by atoms with E-state index in [0.29, 0.717) is 25.2 Å². The predicted octanol–water partition coefficient (Wildman–Crippen LogP) is 5.65. The highest BCUT2D eigenvalue weighted by molar-refractivity contribution is 6.02. The minimum atomic E-state index is -0.310. The van der Waals surface area contributed by atoms with Crippen LogP contribution in [0.5, 0.6) is 5.75 Å². The molecule has 0 saturated heterocycles. The van der Waals surface area contributed by atoms with Gasteiger partial charge in [-0.05, 0) is 43.7 Å². The van der Waals surface area contributed by atoms with Crippen molar-refractivity contribution < 1.29 is 14.3 Å². The second-order valence-corrected chi connectivity index (χ2v) is 9.00. The molecule has 6 nitrogen and oxygen atoms in total. The number of aromatic amines is 1. The summed E-state index contributed by atoms with van der Waals surface area (Å²) in [6.07, 6.45) is 0.286. The highest BCUT2D eigenvalue weighted by Gasteiger charge is 2.40. The highest BCUT2D eigenvalue weighted by atomic mass is 16.5. The number of hydrogen-bond acceptors (Lipinski definition) is 3. The Morgan fingerprint density at radius 1 is 1.00 bits per heavy atom. The number of methoxy groups -OCH3 is 1. The van der Waals surface area contributed by atoms with Gasteiger partial charge in [-0.15, -0.1) is 0 Å². The Labute approximate surface area is 211 Å². The Kier molecular flexibility index (Phi) is 6.51. The van der Waals surface area contributed by atoms with Gasteiger partial charge in [-0.3, -0.25) is 9.59 Å². The Hall–Kier alpha value is -4.06. The monoisotopic (exact) mass is 481 g/mol. The average molecular weight is 482 g/mol. The molecule has 184 valence electrons. The van der Waals surface area contributed by atoms with Crippen LogP contribution in [0.4, 0.5) is 0 Å². The number of amides is 2. The third-order valence-electron chi connectivity index (χ3n) is 7.12. The van der Waals surface area contributed by atoms with Crippen LogP contribution in [0.2, 0.25) is 0 Å². The first-order chi connectivity index (χ1) is 17.6. The number of hydrogen-bond donors (Lipinski definition) is 1. The maximum absolute atomic E-state index is 13.7. The summed E-state index contributed by atoms with van der Waals surface area (Å²) in [4.78, 5) is 33.8. The number of carbonyl (C=O) groups is 2. The van der Waals surface area contributed by atoms with E-state index in [0.717, 1.165) is 39.0 Å². The molecule has 1 aromatic heterocycles. The van der Waals surface area contributed by atoms with Crippen molar-refractivity contribution in [3.63, 3.8) is 0 Å². The Morgan fingerprint density at radius 2 is 1.75 bits per heavy atom. The molecule has 1 aliphatic heterocycles. The molecule has 0 unspecified atom stereocenters. The smallest absolute Gasteiger partial charge is 0.255 e. The van der Waals surface area contributed by atoms with E-state index in [4.69, 9.17) is 4.74 Å². The zero-order chi connectivity index (χ0) is 25.2. The summed E-state index contributed by atoms with van der Waals surface area (Å²) in [5, 5.41) is 1.06. The van der Waals surface area contributed by atoms with Crippen molar-refractivity contribution in [1.29, 1.82) is 0 Å². The average Bonchev–Trinajstić information content (AvgIpc) is 3.43. The van der Waals surface area contributed by atoms with Gasteiger partial charge in [-0.1, -0.05) is 48.5 Å². The van der Waals surface area contributed by atoms with Crippen molar-refractivity contribution in [2.75, 3.05) is 26.7 Å². The molecule has 36 heavy (non-hydrogen) atoms. The third-order valence-corrected chi connectivity index (χ3v) is 7.12. The molecule has 6 heteroatoms. The minimum absolute atomic E-state index is 0.0372. The van der Waals surface area contributed by atoms with Crippen LogP contribution in [0.25, 0.3) is 22.2 Å². The molecule has 0 bridgehead atoms. The third kappa shape index (κ3) is 4.02. The van der Waals surface area contributed by atoms with E-state index in [1.807, 2.05) is 84.3 Å². The van der Waals surface area contributed by atoms with Gasteiger partial charge in [0, 0.05) is 53.6 Å². The van der Waals surface area contributed by atoms with Crippen LogP contribution < -0.4 is 4.74 Å². The molecule has 2 heterocycles. The van der Waals surface area contributed by atoms with E-state index >= 15 is 0 Å². The lowest BCUT2D eigenvalue weighted by atomic mass is 9.93. The number of H-pyrrole nitrogens is 1. The van der Waals surface area contributed by atoms with Gasteiger partial charge < -0.3 is 19.5 Å². The molecule has 0 fully saturated rings. The SMILES string of the molecule is CCN(CC)C(=O)CCN1C(=O)c2ccccc2[C@@H]1c1c(-c2cccc(OC)c2)[nH]c2ccccc12. The first-order valence-electron chi connectivity index (χ1n) is 12.5. The van der Waals surface area contributed by atoms with Gasteiger partial charge in [0.2, 0.25) is 5.91 Å². The van der Waals surface area contributed by atoms with Crippen LogP contribution >= 0.6 is 0 Å². The molecule has 1 aliphatic rings. The highest BCUT2D eigenvalue weighted by Crippen LogP contribution is 2.45. The molecule has 1 atom stereocenters. The topological polar surface area (TPSA) is 65.6 Å². The van der Waals surface area contributed by atoms with Crippen LogP contribution in [0.1, 0.15) is 47.8 Å². The molecular weight excluding hydrogens is 450 g/mol. The van der Waals surface area contributed by atoms with E-state index in [2.05, 4.69) is 17.1 Å². The van der Waals surface area contributed by atoms with Gasteiger partial charge in [0.15, 0.2) is 0 Å². The van der Waals surface area contributed by atoms with Crippen LogP contribution in [0, 0.1) is 0 Å². The summed E-state index contributed by atoms with van der Waals surface area (Å²) in [6, 6.07) is 23.6. The number of nitrogens with one attached hydrogen (secondary N) is 1. The van der Waals surface area contributed by atoms with E-state index in [9.17, 15) is 9.59 Å². The summed E-state index contributed by atoms with van der Waals surface area (Å²) < 4.78 is 5.50. The fraction of sp³-hybridized carbons (Fsp3) is 0.267. The second-order valence-electron chi connectivity index (χ2n) is 9.00. The minimum Gasteiger partial charge on any atom is -0.497 e. The molecule has 5 rings (SSSR count). The Bertz CT molecular complexity index is 1420. The zero-order valence-electron chi connectivity index (χ0n) is 21.0. The fourth-order valence-corrected chi connectivity index (χ4v) is 5.32. The summed E-state index contributed by atoms with van der Waals surface area (Å²) in [5.41, 5.74) is 5.63. The number of aromatic nitrogens is 1. The molecule has 0 spiro atoms. The maximum Gasteiger partial charge on any atom is 0.255 e. The first-order valence-corrected chi connectivity index (χ1v) is 12.5. The van der Waals surface area contributed by atoms with Crippen molar-refractivity contribution in [1.82, 2.24) is 14.8 Å². The molecule has 0 radical (unpaired) electrons. The van der Waals surface area contributed by atoms with Gasteiger partial charge in [0.1, 0.15) is 5.75 Å². The number of para-hydroxylation sites is 1. The summed E-state index contributed by atoms with van der Waals surface area (Å²) in [5.74, 6) is 0.793. The molecule has 2 amide bonds. The van der Waals surface area contributed by atoms with E-state index < -0.39 is 0 Å². The van der Waals surface area contributed by atoms with Gasteiger partial charge in [-0.25, -0.2) is 0 Å². The lowest BCUT2D eigenvalue weighted by molar-refractivity contribution is -0.131. The van der Waals surface area contributed by atoms with Crippen molar-refractivity contribution in [3.05, 3.63) is 89.5 Å².